The van der Waals surface area contributed by atoms with Crippen molar-refractivity contribution >= 4 is 16.7 Å². The summed E-state index contributed by atoms with van der Waals surface area (Å²) in [5, 5.41) is 1.02. The minimum Gasteiger partial charge on any atom is -0.289 e. The topological polar surface area (TPSA) is 30.0 Å². The van der Waals surface area contributed by atoms with Gasteiger partial charge in [-0.2, -0.15) is 0 Å². The summed E-state index contributed by atoms with van der Waals surface area (Å²) < 4.78 is 0. The fourth-order valence-electron chi connectivity index (χ4n) is 2.65. The number of pyridine rings is 1. The predicted octanol–water partition coefficient (Wildman–Crippen LogP) is 4.31. The maximum atomic E-state index is 12.3. The molecule has 0 amide bonds. The molecule has 1 aliphatic rings. The maximum absolute atomic E-state index is 12.3. The molecule has 0 bridgehead atoms. The van der Waals surface area contributed by atoms with Gasteiger partial charge in [-0.05, 0) is 56.0 Å². The number of ketones is 1. The van der Waals surface area contributed by atoms with E-state index < -0.39 is 0 Å². The summed E-state index contributed by atoms with van der Waals surface area (Å²) in [6.07, 6.45) is 9.53. The molecule has 2 aromatic rings. The summed E-state index contributed by atoms with van der Waals surface area (Å²) >= 11 is 0. The SMILES string of the molecule is O=C(C=C1CCCCC1)c1ccc2ncccc2c1. The Balaban J connectivity index is 1.88. The van der Waals surface area contributed by atoms with Gasteiger partial charge in [-0.3, -0.25) is 9.78 Å². The van der Waals surface area contributed by atoms with Crippen LogP contribution in [-0.2, 0) is 0 Å². The number of aromatic nitrogens is 1. The van der Waals surface area contributed by atoms with Crippen LogP contribution in [0.15, 0.2) is 48.2 Å². The Morgan fingerprint density at radius 3 is 2.79 bits per heavy atom. The highest BCUT2D eigenvalue weighted by Crippen LogP contribution is 2.23. The van der Waals surface area contributed by atoms with Crippen LogP contribution in [0.2, 0.25) is 0 Å². The van der Waals surface area contributed by atoms with Crippen LogP contribution in [0, 0.1) is 0 Å². The number of nitrogens with zero attached hydrogens (tertiary/aromatic N) is 1. The molecular formula is C17H17NO. The Labute approximate surface area is 113 Å². The lowest BCUT2D eigenvalue weighted by atomic mass is 9.93. The first-order chi connectivity index (χ1) is 9.33. The quantitative estimate of drug-likeness (QED) is 0.588. The van der Waals surface area contributed by atoms with E-state index in [4.69, 9.17) is 0 Å². The highest BCUT2D eigenvalue weighted by molar-refractivity contribution is 6.06. The summed E-state index contributed by atoms with van der Waals surface area (Å²) in [7, 11) is 0. The Hall–Kier alpha value is -1.96. The minimum absolute atomic E-state index is 0.127. The monoisotopic (exact) mass is 251 g/mol. The van der Waals surface area contributed by atoms with Crippen molar-refractivity contribution in [3.05, 3.63) is 53.7 Å². The highest BCUT2D eigenvalue weighted by Gasteiger charge is 2.09. The molecule has 0 aliphatic heterocycles. The first kappa shape index (κ1) is 12.1. The summed E-state index contributed by atoms with van der Waals surface area (Å²) in [6.45, 7) is 0. The van der Waals surface area contributed by atoms with Crippen LogP contribution in [0.5, 0.6) is 0 Å². The lowest BCUT2D eigenvalue weighted by molar-refractivity contribution is 0.104. The summed E-state index contributed by atoms with van der Waals surface area (Å²) in [5.74, 6) is 0.127. The van der Waals surface area contributed by atoms with E-state index in [0.717, 1.165) is 29.3 Å². The Bertz CT molecular complexity index is 635. The van der Waals surface area contributed by atoms with E-state index in [2.05, 4.69) is 4.98 Å². The van der Waals surface area contributed by atoms with Gasteiger partial charge in [0, 0.05) is 17.1 Å². The van der Waals surface area contributed by atoms with Gasteiger partial charge in [0.25, 0.3) is 0 Å². The number of hydrogen-bond acceptors (Lipinski definition) is 2. The summed E-state index contributed by atoms with van der Waals surface area (Å²) in [6, 6.07) is 9.62. The van der Waals surface area contributed by atoms with Crippen LogP contribution in [0.3, 0.4) is 0 Å². The number of fused-ring (bicyclic) bond motifs is 1. The van der Waals surface area contributed by atoms with Crippen molar-refractivity contribution in [2.75, 3.05) is 0 Å². The van der Waals surface area contributed by atoms with Crippen molar-refractivity contribution in [3.63, 3.8) is 0 Å². The molecule has 0 radical (unpaired) electrons. The molecule has 1 fully saturated rings. The van der Waals surface area contributed by atoms with Crippen molar-refractivity contribution in [2.45, 2.75) is 32.1 Å². The van der Waals surface area contributed by atoms with Gasteiger partial charge in [-0.25, -0.2) is 0 Å². The van der Waals surface area contributed by atoms with Crippen LogP contribution < -0.4 is 0 Å². The van der Waals surface area contributed by atoms with Crippen LogP contribution in [0.4, 0.5) is 0 Å². The van der Waals surface area contributed by atoms with Gasteiger partial charge in [0.1, 0.15) is 0 Å². The minimum atomic E-state index is 0.127. The standard InChI is InChI=1S/C17H17NO/c19-17(11-13-5-2-1-3-6-13)15-8-9-16-14(12-15)7-4-10-18-16/h4,7-12H,1-3,5-6H2. The Morgan fingerprint density at radius 1 is 1.11 bits per heavy atom. The van der Waals surface area contributed by atoms with E-state index in [-0.39, 0.29) is 5.78 Å². The number of benzene rings is 1. The first-order valence-electron chi connectivity index (χ1n) is 6.91. The van der Waals surface area contributed by atoms with Crippen LogP contribution >= 0.6 is 0 Å². The van der Waals surface area contributed by atoms with Crippen molar-refractivity contribution in [2.24, 2.45) is 0 Å². The fourth-order valence-corrected chi connectivity index (χ4v) is 2.65. The highest BCUT2D eigenvalue weighted by atomic mass is 16.1. The number of hydrogen-bond donors (Lipinski definition) is 0. The normalized spacial score (nSPS) is 15.5. The second kappa shape index (κ2) is 5.35. The molecule has 0 spiro atoms. The molecular weight excluding hydrogens is 234 g/mol. The largest absolute Gasteiger partial charge is 0.289 e. The van der Waals surface area contributed by atoms with Crippen LogP contribution in [0.25, 0.3) is 10.9 Å². The van der Waals surface area contributed by atoms with Gasteiger partial charge >= 0.3 is 0 Å². The van der Waals surface area contributed by atoms with E-state index in [1.54, 1.807) is 6.20 Å². The zero-order chi connectivity index (χ0) is 13.1. The van der Waals surface area contributed by atoms with E-state index >= 15 is 0 Å². The molecule has 0 unspecified atom stereocenters. The fraction of sp³-hybridized carbons (Fsp3) is 0.294. The number of rotatable bonds is 2. The first-order valence-corrected chi connectivity index (χ1v) is 6.91. The molecule has 19 heavy (non-hydrogen) atoms. The van der Waals surface area contributed by atoms with Gasteiger partial charge in [0.2, 0.25) is 0 Å². The smallest absolute Gasteiger partial charge is 0.185 e. The summed E-state index contributed by atoms with van der Waals surface area (Å²) in [5.41, 5.74) is 3.01. The number of allylic oxidation sites excluding steroid dienone is 2. The van der Waals surface area contributed by atoms with E-state index in [1.165, 1.54) is 24.8 Å². The molecule has 2 heteroatoms. The zero-order valence-corrected chi connectivity index (χ0v) is 10.9. The third kappa shape index (κ3) is 2.73. The zero-order valence-electron chi connectivity index (χ0n) is 10.9. The molecule has 0 atom stereocenters. The lowest BCUT2D eigenvalue weighted by Gasteiger charge is -2.12. The van der Waals surface area contributed by atoms with Crippen molar-refractivity contribution in [1.82, 2.24) is 4.98 Å². The molecule has 1 saturated carbocycles. The molecule has 0 N–H and O–H groups in total. The van der Waals surface area contributed by atoms with E-state index in [0.29, 0.717) is 0 Å². The molecule has 1 aliphatic carbocycles. The third-order valence-corrected chi connectivity index (χ3v) is 3.72. The van der Waals surface area contributed by atoms with Crippen molar-refractivity contribution < 1.29 is 4.79 Å². The van der Waals surface area contributed by atoms with E-state index in [1.807, 2.05) is 36.4 Å². The predicted molar refractivity (Wildman–Crippen MR) is 77.2 cm³/mol. The van der Waals surface area contributed by atoms with Crippen molar-refractivity contribution in [3.8, 4) is 0 Å². The van der Waals surface area contributed by atoms with Crippen LogP contribution in [-0.4, -0.2) is 10.8 Å². The molecule has 1 heterocycles. The average molecular weight is 251 g/mol. The third-order valence-electron chi connectivity index (χ3n) is 3.72. The Kier molecular flexibility index (Phi) is 3.41. The van der Waals surface area contributed by atoms with Crippen molar-refractivity contribution in [1.29, 1.82) is 0 Å². The van der Waals surface area contributed by atoms with Crippen LogP contribution in [0.1, 0.15) is 42.5 Å². The second-order valence-electron chi connectivity index (χ2n) is 5.14. The summed E-state index contributed by atoms with van der Waals surface area (Å²) in [4.78, 5) is 16.5. The lowest BCUT2D eigenvalue weighted by Crippen LogP contribution is -2.00. The molecule has 2 nitrogen and oxygen atoms in total. The Morgan fingerprint density at radius 2 is 1.95 bits per heavy atom. The number of carbonyl (C=O) groups is 1. The van der Waals surface area contributed by atoms with Gasteiger partial charge in [-0.15, -0.1) is 0 Å². The van der Waals surface area contributed by atoms with Gasteiger partial charge in [-0.1, -0.05) is 18.1 Å². The average Bonchev–Trinajstić information content (AvgIpc) is 2.48. The second-order valence-corrected chi connectivity index (χ2v) is 5.14. The number of carbonyl (C=O) groups excluding carboxylic acids is 1. The molecule has 0 saturated heterocycles. The van der Waals surface area contributed by atoms with E-state index in [9.17, 15) is 4.79 Å². The van der Waals surface area contributed by atoms with Gasteiger partial charge < -0.3 is 0 Å². The molecule has 1 aromatic carbocycles. The molecule has 1 aromatic heterocycles. The van der Waals surface area contributed by atoms with Gasteiger partial charge in [0.15, 0.2) is 5.78 Å². The maximum Gasteiger partial charge on any atom is 0.185 e. The van der Waals surface area contributed by atoms with Gasteiger partial charge in [0.05, 0.1) is 5.52 Å². The molecule has 96 valence electrons. The molecule has 3 rings (SSSR count).